The van der Waals surface area contributed by atoms with E-state index in [-0.39, 0.29) is 16.7 Å². The van der Waals surface area contributed by atoms with Gasteiger partial charge in [-0.05, 0) is 42.2 Å². The number of carbonyl (C=O) groups is 2. The fourth-order valence-electron chi connectivity index (χ4n) is 4.66. The first-order valence-electron chi connectivity index (χ1n) is 11.6. The molecule has 7 nitrogen and oxygen atoms in total. The van der Waals surface area contributed by atoms with Gasteiger partial charge in [0.05, 0.1) is 16.0 Å². The van der Waals surface area contributed by atoms with E-state index in [1.807, 2.05) is 24.3 Å². The van der Waals surface area contributed by atoms with Crippen LogP contribution in [-0.2, 0) is 17.6 Å². The first kappa shape index (κ1) is 23.5. The number of Topliss-reactive ketones (excluding diaryl/α,β-unsaturated/α-hetero) is 1. The van der Waals surface area contributed by atoms with E-state index >= 15 is 0 Å². The number of hydrogen-bond acceptors (Lipinski definition) is 6. The summed E-state index contributed by atoms with van der Waals surface area (Å²) in [7, 11) is 0. The van der Waals surface area contributed by atoms with Crippen LogP contribution in [0.1, 0.15) is 65.6 Å². The number of nitro benzene ring substituents is 1. The average Bonchev–Trinajstić information content (AvgIpc) is 2.85. The second kappa shape index (κ2) is 9.33. The molecule has 1 heterocycles. The molecule has 3 aromatic rings. The predicted molar refractivity (Wildman–Crippen MR) is 129 cm³/mol. The maximum Gasteiger partial charge on any atom is 0.339 e. The van der Waals surface area contributed by atoms with Gasteiger partial charge in [-0.1, -0.05) is 57.5 Å². The van der Waals surface area contributed by atoms with E-state index in [4.69, 9.17) is 9.72 Å². The van der Waals surface area contributed by atoms with Gasteiger partial charge >= 0.3 is 5.97 Å². The molecule has 1 atom stereocenters. The highest BCUT2D eigenvalue weighted by atomic mass is 16.6. The van der Waals surface area contributed by atoms with Crippen molar-refractivity contribution < 1.29 is 19.2 Å². The van der Waals surface area contributed by atoms with E-state index in [0.717, 1.165) is 42.5 Å². The minimum absolute atomic E-state index is 0.127. The van der Waals surface area contributed by atoms with Gasteiger partial charge in [-0.15, -0.1) is 0 Å². The Kier molecular flexibility index (Phi) is 6.46. The molecule has 1 aliphatic carbocycles. The second-order valence-electron chi connectivity index (χ2n) is 9.52. The Labute approximate surface area is 198 Å². The molecule has 0 N–H and O–H groups in total. The maximum atomic E-state index is 13.4. The topological polar surface area (TPSA) is 99.4 Å². The van der Waals surface area contributed by atoms with Crippen molar-refractivity contribution in [3.63, 3.8) is 0 Å². The lowest BCUT2D eigenvalue weighted by Gasteiger charge is -2.37. The van der Waals surface area contributed by atoms with Gasteiger partial charge in [0.25, 0.3) is 5.69 Å². The van der Waals surface area contributed by atoms with Gasteiger partial charge in [0, 0.05) is 28.8 Å². The number of pyridine rings is 1. The summed E-state index contributed by atoms with van der Waals surface area (Å²) in [6.07, 6.45) is 3.57. The quantitative estimate of drug-likeness (QED) is 0.193. The van der Waals surface area contributed by atoms with Gasteiger partial charge in [-0.2, -0.15) is 0 Å². The minimum atomic E-state index is -0.566. The summed E-state index contributed by atoms with van der Waals surface area (Å²) in [6, 6.07) is 12.9. The molecule has 7 heteroatoms. The maximum absolute atomic E-state index is 13.4. The average molecular weight is 461 g/mol. The smallest absolute Gasteiger partial charge is 0.339 e. The highest BCUT2D eigenvalue weighted by molar-refractivity contribution is 6.06. The molecular weight excluding hydrogens is 432 g/mol. The molecule has 0 amide bonds. The highest BCUT2D eigenvalue weighted by Crippen LogP contribution is 2.41. The number of hydrogen-bond donors (Lipinski definition) is 0. The number of carbonyl (C=O) groups excluding carboxylic acids is 2. The lowest BCUT2D eigenvalue weighted by Crippen LogP contribution is -2.31. The Morgan fingerprint density at radius 1 is 1.18 bits per heavy atom. The third-order valence-corrected chi connectivity index (χ3v) is 7.19. The zero-order valence-electron chi connectivity index (χ0n) is 19.7. The number of ether oxygens (including phenoxy) is 1. The van der Waals surface area contributed by atoms with Crippen molar-refractivity contribution in [1.29, 1.82) is 0 Å². The van der Waals surface area contributed by atoms with E-state index in [2.05, 4.69) is 20.8 Å². The Balaban J connectivity index is 1.65. The van der Waals surface area contributed by atoms with Crippen molar-refractivity contribution in [3.05, 3.63) is 81.0 Å². The molecule has 1 unspecified atom stereocenters. The van der Waals surface area contributed by atoms with Gasteiger partial charge in [0.1, 0.15) is 0 Å². The Hall–Kier alpha value is -3.61. The van der Waals surface area contributed by atoms with Crippen LogP contribution in [0.2, 0.25) is 0 Å². The summed E-state index contributed by atoms with van der Waals surface area (Å²) in [4.78, 5) is 41.3. The van der Waals surface area contributed by atoms with Crippen LogP contribution in [0.15, 0.2) is 48.5 Å². The van der Waals surface area contributed by atoms with Crippen LogP contribution in [0, 0.1) is 21.4 Å². The van der Waals surface area contributed by atoms with E-state index in [1.165, 1.54) is 24.3 Å². The van der Waals surface area contributed by atoms with Gasteiger partial charge in [0.15, 0.2) is 6.61 Å². The number of para-hydroxylation sites is 1. The van der Waals surface area contributed by atoms with Crippen LogP contribution in [0.5, 0.6) is 0 Å². The summed E-state index contributed by atoms with van der Waals surface area (Å²) < 4.78 is 5.48. The summed E-state index contributed by atoms with van der Waals surface area (Å²) >= 11 is 0. The minimum Gasteiger partial charge on any atom is -0.454 e. The lowest BCUT2D eigenvalue weighted by atomic mass is 9.68. The number of nitro groups is 1. The van der Waals surface area contributed by atoms with Crippen molar-refractivity contribution in [3.8, 4) is 0 Å². The number of fused-ring (bicyclic) bond motifs is 2. The number of esters is 1. The van der Waals surface area contributed by atoms with Crippen LogP contribution < -0.4 is 0 Å². The number of benzene rings is 2. The van der Waals surface area contributed by atoms with Crippen LogP contribution in [0.4, 0.5) is 5.69 Å². The van der Waals surface area contributed by atoms with Gasteiger partial charge in [-0.25, -0.2) is 4.79 Å². The van der Waals surface area contributed by atoms with Crippen LogP contribution in [0.25, 0.3) is 10.9 Å². The third-order valence-electron chi connectivity index (χ3n) is 7.19. The molecule has 0 aliphatic heterocycles. The zero-order chi connectivity index (χ0) is 24.5. The molecule has 0 saturated carbocycles. The molecule has 0 radical (unpaired) electrons. The molecule has 4 rings (SSSR count). The molecule has 176 valence electrons. The van der Waals surface area contributed by atoms with Gasteiger partial charge in [-0.3, -0.25) is 19.9 Å². The van der Waals surface area contributed by atoms with E-state index < -0.39 is 23.3 Å². The second-order valence-corrected chi connectivity index (χ2v) is 9.52. The fraction of sp³-hybridized carbons (Fsp3) is 0.370. The summed E-state index contributed by atoms with van der Waals surface area (Å²) in [5, 5.41) is 11.7. The van der Waals surface area contributed by atoms with Crippen molar-refractivity contribution in [2.45, 2.75) is 46.5 Å². The predicted octanol–water partition coefficient (Wildman–Crippen LogP) is 5.72. The summed E-state index contributed by atoms with van der Waals surface area (Å²) in [6.45, 7) is 6.21. The summed E-state index contributed by atoms with van der Waals surface area (Å²) in [5.74, 6) is -0.649. The zero-order valence-corrected chi connectivity index (χ0v) is 19.7. The molecule has 0 spiro atoms. The standard InChI is InChI=1S/C27H28N2O5/c1-4-27(2,3)18-12-13-23-21(15-18)25(20-10-5-6-11-22(20)28-23)26(31)34-16-24(30)17-8-7-9-19(14-17)29(32)33/h5-11,14,18H,4,12-13,15-16H2,1-3H3. The molecule has 0 fully saturated rings. The fourth-order valence-corrected chi connectivity index (χ4v) is 4.66. The van der Waals surface area contributed by atoms with Crippen molar-refractivity contribution in [1.82, 2.24) is 4.98 Å². The number of ketones is 1. The van der Waals surface area contributed by atoms with Crippen molar-refractivity contribution >= 4 is 28.3 Å². The van der Waals surface area contributed by atoms with Crippen LogP contribution in [-0.4, -0.2) is 28.3 Å². The van der Waals surface area contributed by atoms with Gasteiger partial charge in [0.2, 0.25) is 5.78 Å². The number of non-ortho nitro benzene ring substituents is 1. The molecule has 34 heavy (non-hydrogen) atoms. The molecule has 1 aromatic heterocycles. The normalized spacial score (nSPS) is 15.6. The Bertz CT molecular complexity index is 1280. The van der Waals surface area contributed by atoms with E-state index in [1.54, 1.807) is 0 Å². The molecule has 2 aromatic carbocycles. The van der Waals surface area contributed by atoms with Crippen molar-refractivity contribution in [2.24, 2.45) is 11.3 Å². The van der Waals surface area contributed by atoms with Crippen molar-refractivity contribution in [2.75, 3.05) is 6.61 Å². The molecule has 0 bridgehead atoms. The molecular formula is C27H28N2O5. The number of rotatable bonds is 7. The van der Waals surface area contributed by atoms with Gasteiger partial charge < -0.3 is 4.74 Å². The first-order valence-corrected chi connectivity index (χ1v) is 11.6. The number of aromatic nitrogens is 1. The first-order chi connectivity index (χ1) is 16.2. The van der Waals surface area contributed by atoms with E-state index in [0.29, 0.717) is 16.9 Å². The third kappa shape index (κ3) is 4.55. The lowest BCUT2D eigenvalue weighted by molar-refractivity contribution is -0.384. The van der Waals surface area contributed by atoms with Crippen LogP contribution >= 0.6 is 0 Å². The monoisotopic (exact) mass is 460 g/mol. The van der Waals surface area contributed by atoms with E-state index in [9.17, 15) is 19.7 Å². The number of nitrogens with zero attached hydrogens (tertiary/aromatic N) is 2. The summed E-state index contributed by atoms with van der Waals surface area (Å²) in [5.41, 5.74) is 3.10. The SMILES string of the molecule is CCC(C)(C)C1CCc2nc3ccccc3c(C(=O)OCC(=O)c3cccc([N+](=O)[O-])c3)c2C1. The largest absolute Gasteiger partial charge is 0.454 e. The number of aryl methyl sites for hydroxylation is 1. The van der Waals surface area contributed by atoms with Crippen LogP contribution in [0.3, 0.4) is 0 Å². The molecule has 0 saturated heterocycles. The highest BCUT2D eigenvalue weighted by Gasteiger charge is 2.34. The molecule has 1 aliphatic rings. The Morgan fingerprint density at radius 2 is 1.94 bits per heavy atom. The Morgan fingerprint density at radius 3 is 2.68 bits per heavy atom.